The number of carbonyl (C=O) groups excluding carboxylic acids is 1. The maximum atomic E-state index is 12.4. The number of ether oxygens (including phenoxy) is 3. The first kappa shape index (κ1) is 15.3. The third kappa shape index (κ3) is 2.12. The van der Waals surface area contributed by atoms with Crippen LogP contribution in [0.15, 0.2) is 4.99 Å². The molecule has 0 amide bonds. The van der Waals surface area contributed by atoms with Crippen LogP contribution in [0.1, 0.15) is 40.5 Å². The Morgan fingerprint density at radius 2 is 2.05 bits per heavy atom. The second-order valence-electron chi connectivity index (χ2n) is 6.90. The van der Waals surface area contributed by atoms with Gasteiger partial charge >= 0.3 is 5.97 Å². The SMILES string of the molecule is COCC[C@H]1C[C@]12N=C(OC)[C@](C)(C(C)(C)C)OC2=O. The number of nitrogens with zero attached hydrogens (tertiary/aromatic N) is 1. The van der Waals surface area contributed by atoms with Gasteiger partial charge in [-0.15, -0.1) is 0 Å². The maximum Gasteiger partial charge on any atom is 0.335 e. The van der Waals surface area contributed by atoms with Gasteiger partial charge < -0.3 is 14.2 Å². The van der Waals surface area contributed by atoms with Crippen molar-refractivity contribution in [3.05, 3.63) is 0 Å². The van der Waals surface area contributed by atoms with Crippen molar-refractivity contribution in [3.8, 4) is 0 Å². The average Bonchev–Trinajstić information content (AvgIpc) is 3.05. The van der Waals surface area contributed by atoms with Gasteiger partial charge in [-0.2, -0.15) is 0 Å². The molecule has 20 heavy (non-hydrogen) atoms. The second-order valence-corrected chi connectivity index (χ2v) is 6.90. The molecular weight excluding hydrogens is 258 g/mol. The highest BCUT2D eigenvalue weighted by Gasteiger charge is 2.67. The Bertz CT molecular complexity index is 440. The topological polar surface area (TPSA) is 57.1 Å². The van der Waals surface area contributed by atoms with E-state index in [1.807, 2.05) is 27.7 Å². The number of carbonyl (C=O) groups is 1. The van der Waals surface area contributed by atoms with Crippen LogP contribution in [0.5, 0.6) is 0 Å². The summed E-state index contributed by atoms with van der Waals surface area (Å²) < 4.78 is 16.3. The summed E-state index contributed by atoms with van der Waals surface area (Å²) in [4.78, 5) is 17.1. The highest BCUT2D eigenvalue weighted by Crippen LogP contribution is 2.54. The Morgan fingerprint density at radius 3 is 2.55 bits per heavy atom. The van der Waals surface area contributed by atoms with Crippen molar-refractivity contribution in [2.75, 3.05) is 20.8 Å². The molecule has 1 aliphatic carbocycles. The minimum Gasteiger partial charge on any atom is -0.481 e. The van der Waals surface area contributed by atoms with E-state index in [0.29, 0.717) is 12.5 Å². The lowest BCUT2D eigenvalue weighted by Gasteiger charge is -2.44. The smallest absolute Gasteiger partial charge is 0.335 e. The van der Waals surface area contributed by atoms with Gasteiger partial charge in [0, 0.05) is 25.0 Å². The monoisotopic (exact) mass is 283 g/mol. The van der Waals surface area contributed by atoms with Crippen LogP contribution < -0.4 is 0 Å². The molecule has 0 bridgehead atoms. The van der Waals surface area contributed by atoms with Gasteiger partial charge in [-0.25, -0.2) is 9.79 Å². The number of esters is 1. The Balaban J connectivity index is 2.30. The minimum atomic E-state index is -0.821. The van der Waals surface area contributed by atoms with Gasteiger partial charge in [-0.3, -0.25) is 0 Å². The van der Waals surface area contributed by atoms with E-state index in [1.165, 1.54) is 0 Å². The molecule has 5 nitrogen and oxygen atoms in total. The van der Waals surface area contributed by atoms with E-state index < -0.39 is 11.1 Å². The lowest BCUT2D eigenvalue weighted by Crippen LogP contribution is -2.57. The molecule has 1 saturated carbocycles. The van der Waals surface area contributed by atoms with Crippen molar-refractivity contribution in [3.63, 3.8) is 0 Å². The van der Waals surface area contributed by atoms with Crippen molar-refractivity contribution < 1.29 is 19.0 Å². The van der Waals surface area contributed by atoms with Crippen molar-refractivity contribution in [1.29, 1.82) is 0 Å². The second kappa shape index (κ2) is 4.72. The van der Waals surface area contributed by atoms with E-state index >= 15 is 0 Å². The molecule has 3 atom stereocenters. The Morgan fingerprint density at radius 1 is 1.40 bits per heavy atom. The van der Waals surface area contributed by atoms with Crippen molar-refractivity contribution >= 4 is 11.9 Å². The molecule has 0 unspecified atom stereocenters. The van der Waals surface area contributed by atoms with E-state index in [9.17, 15) is 4.79 Å². The molecule has 1 spiro atoms. The molecular formula is C15H25NO4. The summed E-state index contributed by atoms with van der Waals surface area (Å²) in [7, 11) is 3.25. The molecule has 2 rings (SSSR count). The Labute approximate surface area is 120 Å². The first-order chi connectivity index (χ1) is 9.21. The van der Waals surface area contributed by atoms with Crippen LogP contribution in [0.25, 0.3) is 0 Å². The molecule has 0 aromatic rings. The Kier molecular flexibility index (Phi) is 3.61. The summed E-state index contributed by atoms with van der Waals surface area (Å²) in [5.74, 6) is 0.492. The number of aliphatic imine (C=N–C) groups is 1. The normalized spacial score (nSPS) is 36.6. The van der Waals surface area contributed by atoms with E-state index in [0.717, 1.165) is 12.8 Å². The fourth-order valence-electron chi connectivity index (χ4n) is 2.67. The summed E-state index contributed by atoms with van der Waals surface area (Å²) in [6.07, 6.45) is 1.54. The summed E-state index contributed by atoms with van der Waals surface area (Å²) in [5.41, 5.74) is -1.83. The number of rotatable bonds is 3. The number of cyclic esters (lactones) is 1. The van der Waals surface area contributed by atoms with Crippen molar-refractivity contribution in [2.45, 2.75) is 51.7 Å². The van der Waals surface area contributed by atoms with Gasteiger partial charge in [-0.1, -0.05) is 20.8 Å². The zero-order valence-electron chi connectivity index (χ0n) is 13.3. The van der Waals surface area contributed by atoms with E-state index in [4.69, 9.17) is 14.2 Å². The van der Waals surface area contributed by atoms with Crippen molar-refractivity contribution in [1.82, 2.24) is 0 Å². The van der Waals surface area contributed by atoms with Crippen molar-refractivity contribution in [2.24, 2.45) is 16.3 Å². The van der Waals surface area contributed by atoms with Crippen LogP contribution in [-0.2, 0) is 19.0 Å². The van der Waals surface area contributed by atoms with Gasteiger partial charge in [0.25, 0.3) is 0 Å². The molecule has 0 aromatic heterocycles. The van der Waals surface area contributed by atoms with Gasteiger partial charge in [0.15, 0.2) is 11.1 Å². The molecule has 1 aliphatic heterocycles. The fraction of sp³-hybridized carbons (Fsp3) is 0.867. The van der Waals surface area contributed by atoms with Crippen LogP contribution in [0.3, 0.4) is 0 Å². The summed E-state index contributed by atoms with van der Waals surface area (Å²) in [5, 5.41) is 0. The molecule has 5 heteroatoms. The zero-order chi connectivity index (χ0) is 15.2. The molecule has 2 aliphatic rings. The highest BCUT2D eigenvalue weighted by atomic mass is 16.6. The maximum absolute atomic E-state index is 12.4. The average molecular weight is 283 g/mol. The third-order valence-electron chi connectivity index (χ3n) is 4.73. The van der Waals surface area contributed by atoms with Crippen LogP contribution in [0.2, 0.25) is 0 Å². The standard InChI is InChI=1S/C15H25NO4/c1-13(2,3)14(4)11(19-6)16-15(12(17)20-14)9-10(15)7-8-18-5/h10H,7-9H2,1-6H3/t10-,14+,15-/m0/s1. The number of methoxy groups -OCH3 is 2. The zero-order valence-corrected chi connectivity index (χ0v) is 13.3. The Hall–Kier alpha value is -1.10. The van der Waals surface area contributed by atoms with E-state index in [-0.39, 0.29) is 17.3 Å². The van der Waals surface area contributed by atoms with Crippen LogP contribution in [0.4, 0.5) is 0 Å². The predicted octanol–water partition coefficient (Wildman–Crippen LogP) is 2.19. The lowest BCUT2D eigenvalue weighted by molar-refractivity contribution is -0.168. The van der Waals surface area contributed by atoms with Gasteiger partial charge in [-0.05, 0) is 19.8 Å². The number of hydrogen-bond acceptors (Lipinski definition) is 5. The summed E-state index contributed by atoms with van der Waals surface area (Å²) in [6.45, 7) is 8.55. The highest BCUT2D eigenvalue weighted by molar-refractivity contribution is 5.98. The van der Waals surface area contributed by atoms with Crippen LogP contribution in [-0.4, -0.2) is 43.8 Å². The first-order valence-corrected chi connectivity index (χ1v) is 7.08. The molecule has 114 valence electrons. The largest absolute Gasteiger partial charge is 0.481 e. The minimum absolute atomic E-state index is 0.199. The van der Waals surface area contributed by atoms with E-state index in [1.54, 1.807) is 14.2 Å². The third-order valence-corrected chi connectivity index (χ3v) is 4.73. The molecule has 0 radical (unpaired) electrons. The molecule has 0 aromatic carbocycles. The summed E-state index contributed by atoms with van der Waals surface area (Å²) >= 11 is 0. The molecule has 0 saturated heterocycles. The lowest BCUT2D eigenvalue weighted by atomic mass is 9.76. The molecule has 1 fully saturated rings. The van der Waals surface area contributed by atoms with Gasteiger partial charge in [0.2, 0.25) is 5.90 Å². The molecule has 0 N–H and O–H groups in total. The van der Waals surface area contributed by atoms with Crippen LogP contribution in [0, 0.1) is 11.3 Å². The van der Waals surface area contributed by atoms with Gasteiger partial charge in [0.05, 0.1) is 7.11 Å². The first-order valence-electron chi connectivity index (χ1n) is 7.08. The summed E-state index contributed by atoms with van der Waals surface area (Å²) in [6, 6.07) is 0. The quantitative estimate of drug-likeness (QED) is 0.745. The van der Waals surface area contributed by atoms with Gasteiger partial charge in [0.1, 0.15) is 0 Å². The number of hydrogen-bond donors (Lipinski definition) is 0. The fourth-order valence-corrected chi connectivity index (χ4v) is 2.67. The molecule has 1 heterocycles. The van der Waals surface area contributed by atoms with E-state index in [2.05, 4.69) is 4.99 Å². The predicted molar refractivity (Wildman–Crippen MR) is 75.7 cm³/mol. The van der Waals surface area contributed by atoms with Crippen LogP contribution >= 0.6 is 0 Å².